The molecule has 1 unspecified atom stereocenters. The third kappa shape index (κ3) is 2.05. The molecule has 5 heteroatoms. The average Bonchev–Trinajstić information content (AvgIpc) is 2.52. The van der Waals surface area contributed by atoms with Crippen molar-refractivity contribution < 1.29 is 8.42 Å². The number of benzene rings is 1. The molecule has 4 nitrogen and oxygen atoms in total. The van der Waals surface area contributed by atoms with Crippen molar-refractivity contribution >= 4 is 15.7 Å². The zero-order chi connectivity index (χ0) is 11.8. The van der Waals surface area contributed by atoms with E-state index in [1.54, 1.807) is 0 Å². The molecule has 0 radical (unpaired) electrons. The van der Waals surface area contributed by atoms with E-state index in [-0.39, 0.29) is 11.7 Å². The van der Waals surface area contributed by atoms with Gasteiger partial charge in [-0.2, -0.15) is 0 Å². The quantitative estimate of drug-likeness (QED) is 0.836. The summed E-state index contributed by atoms with van der Waals surface area (Å²) in [5.74, 6) is 0.435. The second kappa shape index (κ2) is 4.07. The van der Waals surface area contributed by atoms with Gasteiger partial charge in [0.25, 0.3) is 0 Å². The number of rotatable bonds is 2. The van der Waals surface area contributed by atoms with Gasteiger partial charge in [-0.1, -0.05) is 19.1 Å². The largest absolute Gasteiger partial charge is 0.326 e. The van der Waals surface area contributed by atoms with Gasteiger partial charge in [-0.3, -0.25) is 4.31 Å². The Morgan fingerprint density at radius 3 is 2.44 bits per heavy atom. The van der Waals surface area contributed by atoms with Crippen molar-refractivity contribution in [3.63, 3.8) is 0 Å². The maximum absolute atomic E-state index is 11.8. The fourth-order valence-corrected chi connectivity index (χ4v) is 3.89. The minimum atomic E-state index is -3.11. The molecule has 1 aromatic rings. The molecule has 0 saturated carbocycles. The summed E-state index contributed by atoms with van der Waals surface area (Å²) >= 11 is 0. The molecule has 2 rings (SSSR count). The Labute approximate surface area is 96.1 Å². The highest BCUT2D eigenvalue weighted by Gasteiger charge is 2.33. The van der Waals surface area contributed by atoms with Crippen molar-refractivity contribution in [3.05, 3.63) is 29.8 Å². The summed E-state index contributed by atoms with van der Waals surface area (Å²) in [7, 11) is -3.11. The summed E-state index contributed by atoms with van der Waals surface area (Å²) in [6, 6.07) is 7.37. The molecular weight excluding hydrogens is 224 g/mol. The van der Waals surface area contributed by atoms with Gasteiger partial charge in [-0.15, -0.1) is 0 Å². The second-order valence-corrected chi connectivity index (χ2v) is 6.22. The Morgan fingerprint density at radius 2 is 2.00 bits per heavy atom. The number of nitrogens with zero attached hydrogens (tertiary/aromatic N) is 1. The molecule has 0 amide bonds. The Balaban J connectivity index is 2.30. The molecule has 0 bridgehead atoms. The Kier molecular flexibility index (Phi) is 2.90. The molecule has 1 atom stereocenters. The van der Waals surface area contributed by atoms with E-state index in [1.165, 1.54) is 4.31 Å². The summed E-state index contributed by atoms with van der Waals surface area (Å²) < 4.78 is 25.1. The van der Waals surface area contributed by atoms with Crippen LogP contribution in [-0.4, -0.2) is 20.7 Å². The summed E-state index contributed by atoms with van der Waals surface area (Å²) in [5, 5.41) is 0. The van der Waals surface area contributed by atoms with Crippen LogP contribution in [0.5, 0.6) is 0 Å². The molecule has 0 spiro atoms. The Morgan fingerprint density at radius 1 is 1.38 bits per heavy atom. The fourth-order valence-electron chi connectivity index (χ4n) is 1.96. The molecule has 1 heterocycles. The van der Waals surface area contributed by atoms with Gasteiger partial charge < -0.3 is 5.73 Å². The van der Waals surface area contributed by atoms with Crippen molar-refractivity contribution in [2.75, 3.05) is 16.6 Å². The van der Waals surface area contributed by atoms with Crippen molar-refractivity contribution in [2.45, 2.75) is 13.5 Å². The third-order valence-corrected chi connectivity index (χ3v) is 4.79. The SMILES string of the molecule is CC1CN(c2ccc(CN)cc2)S(=O)(=O)C1. The Bertz CT molecular complexity index is 467. The van der Waals surface area contributed by atoms with Crippen LogP contribution in [0.1, 0.15) is 12.5 Å². The highest BCUT2D eigenvalue weighted by Crippen LogP contribution is 2.26. The van der Waals surface area contributed by atoms with Gasteiger partial charge in [0.1, 0.15) is 0 Å². The molecule has 0 aliphatic carbocycles. The standard InChI is InChI=1S/C11H16N2O2S/c1-9-7-13(16(14,15)8-9)11-4-2-10(6-12)3-5-11/h2-5,9H,6-8,12H2,1H3. The summed E-state index contributed by atoms with van der Waals surface area (Å²) in [6.45, 7) is 3.00. The van der Waals surface area contributed by atoms with E-state index in [9.17, 15) is 8.42 Å². The molecule has 1 aromatic carbocycles. The third-order valence-electron chi connectivity index (χ3n) is 2.77. The van der Waals surface area contributed by atoms with Crippen LogP contribution in [-0.2, 0) is 16.6 Å². The number of hydrogen-bond acceptors (Lipinski definition) is 3. The number of nitrogens with two attached hydrogens (primary N) is 1. The van der Waals surface area contributed by atoms with Crippen molar-refractivity contribution in [2.24, 2.45) is 11.7 Å². The lowest BCUT2D eigenvalue weighted by Gasteiger charge is -2.17. The fraction of sp³-hybridized carbons (Fsp3) is 0.455. The van der Waals surface area contributed by atoms with Gasteiger partial charge in [-0.05, 0) is 23.6 Å². The first-order valence-corrected chi connectivity index (χ1v) is 6.93. The van der Waals surface area contributed by atoms with E-state index in [4.69, 9.17) is 5.73 Å². The van der Waals surface area contributed by atoms with E-state index in [1.807, 2.05) is 31.2 Å². The molecule has 0 aromatic heterocycles. The minimum absolute atomic E-state index is 0.194. The predicted octanol–water partition coefficient (Wildman–Crippen LogP) is 0.931. The van der Waals surface area contributed by atoms with Crippen LogP contribution >= 0.6 is 0 Å². The topological polar surface area (TPSA) is 63.4 Å². The first kappa shape index (κ1) is 11.4. The van der Waals surface area contributed by atoms with E-state index in [0.29, 0.717) is 13.1 Å². The monoisotopic (exact) mass is 240 g/mol. The van der Waals surface area contributed by atoms with Gasteiger partial charge in [0.15, 0.2) is 0 Å². The van der Waals surface area contributed by atoms with Crippen LogP contribution in [0.2, 0.25) is 0 Å². The maximum Gasteiger partial charge on any atom is 0.235 e. The first-order chi connectivity index (χ1) is 7.53. The highest BCUT2D eigenvalue weighted by molar-refractivity contribution is 7.93. The van der Waals surface area contributed by atoms with E-state index >= 15 is 0 Å². The van der Waals surface area contributed by atoms with Gasteiger partial charge in [0.2, 0.25) is 10.0 Å². The molecule has 2 N–H and O–H groups in total. The normalized spacial score (nSPS) is 23.6. The van der Waals surface area contributed by atoms with Crippen LogP contribution in [0.25, 0.3) is 0 Å². The van der Waals surface area contributed by atoms with E-state index in [0.717, 1.165) is 11.3 Å². The molecule has 16 heavy (non-hydrogen) atoms. The molecule has 1 aliphatic heterocycles. The zero-order valence-electron chi connectivity index (χ0n) is 9.26. The zero-order valence-corrected chi connectivity index (χ0v) is 10.1. The molecule has 1 aliphatic rings. The lowest BCUT2D eigenvalue weighted by atomic mass is 10.2. The van der Waals surface area contributed by atoms with E-state index < -0.39 is 10.0 Å². The highest BCUT2D eigenvalue weighted by atomic mass is 32.2. The maximum atomic E-state index is 11.8. The number of sulfonamides is 1. The summed E-state index contributed by atoms with van der Waals surface area (Å²) in [5.41, 5.74) is 7.24. The van der Waals surface area contributed by atoms with Crippen molar-refractivity contribution in [1.29, 1.82) is 0 Å². The predicted molar refractivity (Wildman–Crippen MR) is 64.6 cm³/mol. The molecule has 1 saturated heterocycles. The van der Waals surface area contributed by atoms with Crippen molar-refractivity contribution in [3.8, 4) is 0 Å². The smallest absolute Gasteiger partial charge is 0.235 e. The van der Waals surface area contributed by atoms with E-state index in [2.05, 4.69) is 0 Å². The molecule has 88 valence electrons. The summed E-state index contributed by atoms with van der Waals surface area (Å²) in [6.07, 6.45) is 0. The van der Waals surface area contributed by atoms with Gasteiger partial charge in [0, 0.05) is 13.1 Å². The number of anilines is 1. The van der Waals surface area contributed by atoms with Gasteiger partial charge in [0.05, 0.1) is 11.4 Å². The number of hydrogen-bond donors (Lipinski definition) is 1. The Hall–Kier alpha value is -1.07. The van der Waals surface area contributed by atoms with Crippen LogP contribution < -0.4 is 10.0 Å². The lowest BCUT2D eigenvalue weighted by molar-refractivity contribution is 0.598. The summed E-state index contributed by atoms with van der Waals surface area (Å²) in [4.78, 5) is 0. The van der Waals surface area contributed by atoms with Crippen LogP contribution in [0.3, 0.4) is 0 Å². The van der Waals surface area contributed by atoms with Gasteiger partial charge >= 0.3 is 0 Å². The molecular formula is C11H16N2O2S. The second-order valence-electron chi connectivity index (χ2n) is 4.29. The van der Waals surface area contributed by atoms with Crippen LogP contribution in [0.4, 0.5) is 5.69 Å². The van der Waals surface area contributed by atoms with Crippen molar-refractivity contribution in [1.82, 2.24) is 0 Å². The minimum Gasteiger partial charge on any atom is -0.326 e. The lowest BCUT2D eigenvalue weighted by Crippen LogP contribution is -2.25. The van der Waals surface area contributed by atoms with Gasteiger partial charge in [-0.25, -0.2) is 8.42 Å². The average molecular weight is 240 g/mol. The van der Waals surface area contributed by atoms with Crippen LogP contribution in [0, 0.1) is 5.92 Å². The van der Waals surface area contributed by atoms with Crippen LogP contribution in [0.15, 0.2) is 24.3 Å². The molecule has 1 fully saturated rings. The first-order valence-electron chi connectivity index (χ1n) is 5.32.